The maximum Gasteiger partial charge on any atom is 0.225 e. The van der Waals surface area contributed by atoms with E-state index in [-0.39, 0.29) is 5.91 Å². The second-order valence-corrected chi connectivity index (χ2v) is 2.51. The Labute approximate surface area is 63.0 Å². The fourth-order valence-electron chi connectivity index (χ4n) is 1.17. The number of H-pyrrole nitrogens is 1. The highest BCUT2D eigenvalue weighted by atomic mass is 16.1. The van der Waals surface area contributed by atoms with Crippen LogP contribution in [0.15, 0.2) is 0 Å². The van der Waals surface area contributed by atoms with Gasteiger partial charge in [0.2, 0.25) is 5.91 Å². The molecule has 1 amide bonds. The lowest BCUT2D eigenvalue weighted by molar-refractivity contribution is -0.116. The molecule has 0 saturated carbocycles. The van der Waals surface area contributed by atoms with Crippen molar-refractivity contribution in [3.63, 3.8) is 0 Å². The molecule has 4 N–H and O–H groups in total. The van der Waals surface area contributed by atoms with Gasteiger partial charge in [-0.1, -0.05) is 0 Å². The Bertz CT molecular complexity index is 304. The van der Waals surface area contributed by atoms with E-state index in [9.17, 15) is 4.79 Å². The van der Waals surface area contributed by atoms with Crippen molar-refractivity contribution in [1.29, 1.82) is 0 Å². The zero-order chi connectivity index (χ0) is 7.84. The fraction of sp³-hybridized carbons (Fsp3) is 0.333. The van der Waals surface area contributed by atoms with E-state index in [1.54, 1.807) is 0 Å². The van der Waals surface area contributed by atoms with Crippen molar-refractivity contribution in [2.24, 2.45) is 0 Å². The molecule has 0 unspecified atom stereocenters. The summed E-state index contributed by atoms with van der Waals surface area (Å²) < 4.78 is 0. The number of nitrogens with two attached hydrogens (primary N) is 1. The van der Waals surface area contributed by atoms with Gasteiger partial charge in [0, 0.05) is 12.0 Å². The quantitative estimate of drug-likeness (QED) is 0.484. The zero-order valence-electron chi connectivity index (χ0n) is 5.85. The summed E-state index contributed by atoms with van der Waals surface area (Å²) in [6.07, 6.45) is 1.18. The third-order valence-electron chi connectivity index (χ3n) is 1.76. The first-order valence-corrected chi connectivity index (χ1v) is 3.40. The van der Waals surface area contributed by atoms with E-state index in [4.69, 9.17) is 5.73 Å². The van der Waals surface area contributed by atoms with Gasteiger partial charge in [0.25, 0.3) is 0 Å². The van der Waals surface area contributed by atoms with Crippen molar-refractivity contribution >= 4 is 17.5 Å². The number of aromatic amines is 1. The Kier molecular flexibility index (Phi) is 1.12. The molecule has 0 saturated heterocycles. The Morgan fingerprint density at radius 3 is 3.09 bits per heavy atom. The smallest absolute Gasteiger partial charge is 0.225 e. The lowest BCUT2D eigenvalue weighted by Crippen LogP contribution is -2.18. The standard InChI is InChI=1S/C6H8N4O/c7-5-3-1-2-4(11)8-6(3)10-9-5/h1-2H2,(H4,7,8,9,10,11). The predicted octanol–water partition coefficient (Wildman–Crippen LogP) is -0.123. The summed E-state index contributed by atoms with van der Waals surface area (Å²) in [6.45, 7) is 0. The molecule has 11 heavy (non-hydrogen) atoms. The van der Waals surface area contributed by atoms with Gasteiger partial charge in [-0.05, 0) is 6.42 Å². The Morgan fingerprint density at radius 1 is 1.45 bits per heavy atom. The third kappa shape index (κ3) is 0.849. The molecule has 5 heteroatoms. The number of rotatable bonds is 0. The van der Waals surface area contributed by atoms with Crippen LogP contribution in [0.1, 0.15) is 12.0 Å². The van der Waals surface area contributed by atoms with Crippen LogP contribution in [0.5, 0.6) is 0 Å². The highest BCUT2D eigenvalue weighted by Crippen LogP contribution is 2.23. The second-order valence-electron chi connectivity index (χ2n) is 2.51. The Hall–Kier alpha value is -1.52. The van der Waals surface area contributed by atoms with Crippen molar-refractivity contribution in [2.75, 3.05) is 11.1 Å². The molecule has 1 aromatic rings. The molecule has 0 radical (unpaired) electrons. The van der Waals surface area contributed by atoms with Crippen molar-refractivity contribution in [3.05, 3.63) is 5.56 Å². The monoisotopic (exact) mass is 152 g/mol. The summed E-state index contributed by atoms with van der Waals surface area (Å²) in [5.41, 5.74) is 6.46. The van der Waals surface area contributed by atoms with Crippen LogP contribution in [-0.4, -0.2) is 16.1 Å². The first-order valence-electron chi connectivity index (χ1n) is 3.40. The lowest BCUT2D eigenvalue weighted by atomic mass is 10.1. The number of carbonyl (C=O) groups is 1. The van der Waals surface area contributed by atoms with E-state index < -0.39 is 0 Å². The first kappa shape index (κ1) is 6.21. The second kappa shape index (κ2) is 1.98. The molecule has 0 bridgehead atoms. The molecule has 2 rings (SSSR count). The van der Waals surface area contributed by atoms with E-state index >= 15 is 0 Å². The normalized spacial score (nSPS) is 15.8. The maximum atomic E-state index is 10.8. The predicted molar refractivity (Wildman–Crippen MR) is 40.0 cm³/mol. The molecule has 0 atom stereocenters. The molecular weight excluding hydrogens is 144 g/mol. The average Bonchev–Trinajstić information content (AvgIpc) is 2.32. The van der Waals surface area contributed by atoms with Gasteiger partial charge in [-0.25, -0.2) is 0 Å². The summed E-state index contributed by atoms with van der Waals surface area (Å²) in [4.78, 5) is 10.8. The SMILES string of the molecule is Nc1[nH]nc2c1CCC(=O)N2. The number of carbonyl (C=O) groups excluding carboxylic acids is 1. The highest BCUT2D eigenvalue weighted by Gasteiger charge is 2.19. The molecule has 5 nitrogen and oxygen atoms in total. The van der Waals surface area contributed by atoms with Crippen molar-refractivity contribution in [2.45, 2.75) is 12.8 Å². The van der Waals surface area contributed by atoms with Gasteiger partial charge in [0.15, 0.2) is 5.82 Å². The van der Waals surface area contributed by atoms with Crippen molar-refractivity contribution in [1.82, 2.24) is 10.2 Å². The number of anilines is 2. The molecular formula is C6H8N4O. The number of nitrogen functional groups attached to an aromatic ring is 1. The van der Waals surface area contributed by atoms with Crippen LogP contribution >= 0.6 is 0 Å². The van der Waals surface area contributed by atoms with E-state index in [0.29, 0.717) is 24.5 Å². The first-order chi connectivity index (χ1) is 5.27. The Morgan fingerprint density at radius 2 is 2.27 bits per heavy atom. The average molecular weight is 152 g/mol. The van der Waals surface area contributed by atoms with Gasteiger partial charge in [0.1, 0.15) is 5.82 Å². The van der Waals surface area contributed by atoms with Crippen LogP contribution in [0, 0.1) is 0 Å². The highest BCUT2D eigenvalue weighted by molar-refractivity contribution is 5.93. The minimum Gasteiger partial charge on any atom is -0.384 e. The van der Waals surface area contributed by atoms with Crippen LogP contribution < -0.4 is 11.1 Å². The minimum absolute atomic E-state index is 0.00370. The van der Waals surface area contributed by atoms with Gasteiger partial charge in [0.05, 0.1) is 0 Å². The maximum absolute atomic E-state index is 10.8. The molecule has 58 valence electrons. The van der Waals surface area contributed by atoms with Crippen LogP contribution in [0.25, 0.3) is 0 Å². The van der Waals surface area contributed by atoms with E-state index in [2.05, 4.69) is 15.5 Å². The summed E-state index contributed by atoms with van der Waals surface area (Å²) in [6, 6.07) is 0. The van der Waals surface area contributed by atoms with Gasteiger partial charge in [-0.2, -0.15) is 5.10 Å². The van der Waals surface area contributed by atoms with Crippen molar-refractivity contribution < 1.29 is 4.79 Å². The molecule has 0 spiro atoms. The molecule has 0 fully saturated rings. The van der Waals surface area contributed by atoms with Crippen molar-refractivity contribution in [3.8, 4) is 0 Å². The van der Waals surface area contributed by atoms with Gasteiger partial charge >= 0.3 is 0 Å². The number of hydrogen-bond acceptors (Lipinski definition) is 3. The summed E-state index contributed by atoms with van der Waals surface area (Å²) in [7, 11) is 0. The zero-order valence-corrected chi connectivity index (χ0v) is 5.85. The molecule has 1 aromatic heterocycles. The summed E-state index contributed by atoms with van der Waals surface area (Å²) >= 11 is 0. The number of nitrogens with zero attached hydrogens (tertiary/aromatic N) is 1. The molecule has 0 aromatic carbocycles. The molecule has 2 heterocycles. The topological polar surface area (TPSA) is 83.8 Å². The number of hydrogen-bond donors (Lipinski definition) is 3. The molecule has 1 aliphatic rings. The molecule has 1 aliphatic heterocycles. The third-order valence-corrected chi connectivity index (χ3v) is 1.76. The molecule has 0 aliphatic carbocycles. The Balaban J connectivity index is 2.44. The van der Waals surface area contributed by atoms with Crippen LogP contribution in [0.3, 0.4) is 0 Å². The van der Waals surface area contributed by atoms with Crippen LogP contribution in [0.2, 0.25) is 0 Å². The fourth-order valence-corrected chi connectivity index (χ4v) is 1.17. The minimum atomic E-state index is 0.00370. The number of fused-ring (bicyclic) bond motifs is 1. The van der Waals surface area contributed by atoms with Gasteiger partial charge < -0.3 is 11.1 Å². The lowest BCUT2D eigenvalue weighted by Gasteiger charge is -2.09. The number of aromatic nitrogens is 2. The van der Waals surface area contributed by atoms with Gasteiger partial charge in [-0.3, -0.25) is 9.89 Å². The van der Waals surface area contributed by atoms with Crippen LogP contribution in [-0.2, 0) is 11.2 Å². The van der Waals surface area contributed by atoms with Crippen LogP contribution in [0.4, 0.5) is 11.6 Å². The summed E-state index contributed by atoms with van der Waals surface area (Å²) in [5.74, 6) is 1.14. The number of amides is 1. The van der Waals surface area contributed by atoms with Gasteiger partial charge in [-0.15, -0.1) is 0 Å². The largest absolute Gasteiger partial charge is 0.384 e. The van der Waals surface area contributed by atoms with E-state index in [1.165, 1.54) is 0 Å². The number of nitrogens with one attached hydrogen (secondary N) is 2. The van der Waals surface area contributed by atoms with E-state index in [1.807, 2.05) is 0 Å². The summed E-state index contributed by atoms with van der Waals surface area (Å²) in [5, 5.41) is 9.06. The van der Waals surface area contributed by atoms with E-state index in [0.717, 1.165) is 5.56 Å².